The number of nitrogens with one attached hydrogen (secondary N) is 2. The number of nitrogens with zero attached hydrogens (tertiary/aromatic N) is 1. The van der Waals surface area contributed by atoms with Crippen LogP contribution in [-0.2, 0) is 16.4 Å². The summed E-state index contributed by atoms with van der Waals surface area (Å²) >= 11 is 2.97. The Labute approximate surface area is 160 Å². The molecule has 0 bridgehead atoms. The van der Waals surface area contributed by atoms with Gasteiger partial charge in [-0.25, -0.2) is 18.1 Å². The average Bonchev–Trinajstić information content (AvgIpc) is 3.27. The van der Waals surface area contributed by atoms with E-state index in [1.807, 2.05) is 24.4 Å². The summed E-state index contributed by atoms with van der Waals surface area (Å²) in [5, 5.41) is 5.16. The highest BCUT2D eigenvalue weighted by molar-refractivity contribution is 7.89. The van der Waals surface area contributed by atoms with Gasteiger partial charge in [-0.3, -0.25) is 10.1 Å². The van der Waals surface area contributed by atoms with Gasteiger partial charge in [-0.1, -0.05) is 6.07 Å². The lowest BCUT2D eigenvalue weighted by Crippen LogP contribution is -2.26. The summed E-state index contributed by atoms with van der Waals surface area (Å²) < 4.78 is 27.2. The molecule has 0 saturated carbocycles. The fourth-order valence-electron chi connectivity index (χ4n) is 2.21. The standard InChI is InChI=1S/C17H17N3O3S3/c1-12-11-18-17(25-12)20-16(21)13-4-6-15(7-5-13)26(22,23)19-9-8-14-3-2-10-24-14/h2-7,10-11,19H,8-9H2,1H3,(H,18,20,21). The molecule has 0 radical (unpaired) electrons. The van der Waals surface area contributed by atoms with Gasteiger partial charge < -0.3 is 0 Å². The molecule has 0 spiro atoms. The quantitative estimate of drug-likeness (QED) is 0.629. The van der Waals surface area contributed by atoms with Gasteiger partial charge >= 0.3 is 0 Å². The highest BCUT2D eigenvalue weighted by atomic mass is 32.2. The fourth-order valence-corrected chi connectivity index (χ4v) is 4.61. The van der Waals surface area contributed by atoms with Crippen molar-refractivity contribution >= 4 is 43.7 Å². The molecular weight excluding hydrogens is 390 g/mol. The van der Waals surface area contributed by atoms with Crippen LogP contribution >= 0.6 is 22.7 Å². The van der Waals surface area contributed by atoms with Crippen LogP contribution < -0.4 is 10.0 Å². The summed E-state index contributed by atoms with van der Waals surface area (Å²) in [4.78, 5) is 18.5. The Bertz CT molecular complexity index is 978. The van der Waals surface area contributed by atoms with Crippen molar-refractivity contribution in [3.63, 3.8) is 0 Å². The molecular formula is C17H17N3O3S3. The van der Waals surface area contributed by atoms with Crippen molar-refractivity contribution in [2.45, 2.75) is 18.2 Å². The Morgan fingerprint density at radius 1 is 1.19 bits per heavy atom. The highest BCUT2D eigenvalue weighted by Crippen LogP contribution is 2.18. The zero-order valence-electron chi connectivity index (χ0n) is 13.9. The Kier molecular flexibility index (Phi) is 5.82. The van der Waals surface area contributed by atoms with Crippen molar-refractivity contribution in [2.75, 3.05) is 11.9 Å². The number of carbonyl (C=O) groups is 1. The summed E-state index contributed by atoms with van der Waals surface area (Å²) in [5.41, 5.74) is 0.371. The van der Waals surface area contributed by atoms with Crippen LogP contribution in [0.25, 0.3) is 0 Å². The third-order valence-corrected chi connectivity index (χ3v) is 6.75. The monoisotopic (exact) mass is 407 g/mol. The molecule has 2 aromatic heterocycles. The van der Waals surface area contributed by atoms with Gasteiger partial charge in [-0.15, -0.1) is 22.7 Å². The highest BCUT2D eigenvalue weighted by Gasteiger charge is 2.15. The van der Waals surface area contributed by atoms with Crippen LogP contribution in [0.1, 0.15) is 20.1 Å². The smallest absolute Gasteiger partial charge is 0.257 e. The van der Waals surface area contributed by atoms with Crippen molar-refractivity contribution in [1.82, 2.24) is 9.71 Å². The molecule has 1 amide bonds. The lowest BCUT2D eigenvalue weighted by Gasteiger charge is -2.07. The van der Waals surface area contributed by atoms with Crippen molar-refractivity contribution < 1.29 is 13.2 Å². The van der Waals surface area contributed by atoms with Gasteiger partial charge in [0.2, 0.25) is 10.0 Å². The molecule has 1 aromatic carbocycles. The minimum absolute atomic E-state index is 0.130. The molecule has 0 saturated heterocycles. The fraction of sp³-hybridized carbons (Fsp3) is 0.176. The Hall–Kier alpha value is -2.07. The predicted molar refractivity (Wildman–Crippen MR) is 104 cm³/mol. The van der Waals surface area contributed by atoms with Crippen LogP contribution in [0.3, 0.4) is 0 Å². The maximum atomic E-state index is 12.3. The van der Waals surface area contributed by atoms with Crippen molar-refractivity contribution in [2.24, 2.45) is 0 Å². The molecule has 3 rings (SSSR count). The van der Waals surface area contributed by atoms with Gasteiger partial charge in [0.25, 0.3) is 5.91 Å². The molecule has 0 atom stereocenters. The Balaban J connectivity index is 1.61. The van der Waals surface area contributed by atoms with E-state index in [1.54, 1.807) is 17.5 Å². The Morgan fingerprint density at radius 2 is 1.96 bits per heavy atom. The molecule has 2 heterocycles. The molecule has 3 aromatic rings. The zero-order valence-corrected chi connectivity index (χ0v) is 16.4. The summed E-state index contributed by atoms with van der Waals surface area (Å²) in [6.45, 7) is 2.23. The molecule has 0 aliphatic rings. The summed E-state index contributed by atoms with van der Waals surface area (Å²) in [7, 11) is -3.60. The van der Waals surface area contributed by atoms with Crippen molar-refractivity contribution in [3.05, 3.63) is 63.3 Å². The van der Waals surface area contributed by atoms with Crippen LogP contribution in [0.5, 0.6) is 0 Å². The topological polar surface area (TPSA) is 88.2 Å². The second-order valence-electron chi connectivity index (χ2n) is 5.48. The number of hydrogen-bond acceptors (Lipinski definition) is 6. The maximum absolute atomic E-state index is 12.3. The van der Waals surface area contributed by atoms with Crippen LogP contribution in [0, 0.1) is 6.92 Å². The van der Waals surface area contributed by atoms with E-state index in [-0.39, 0.29) is 10.8 Å². The molecule has 26 heavy (non-hydrogen) atoms. The number of hydrogen-bond donors (Lipinski definition) is 2. The lowest BCUT2D eigenvalue weighted by molar-refractivity contribution is 0.102. The molecule has 0 unspecified atom stereocenters. The number of benzene rings is 1. The van der Waals surface area contributed by atoms with E-state index in [2.05, 4.69) is 15.0 Å². The van der Waals surface area contributed by atoms with E-state index in [0.717, 1.165) is 9.75 Å². The average molecular weight is 408 g/mol. The van der Waals surface area contributed by atoms with E-state index >= 15 is 0 Å². The third-order valence-electron chi connectivity index (χ3n) is 3.51. The number of anilines is 1. The van der Waals surface area contributed by atoms with Crippen LogP contribution in [0.2, 0.25) is 0 Å². The lowest BCUT2D eigenvalue weighted by atomic mass is 10.2. The Morgan fingerprint density at radius 3 is 2.58 bits per heavy atom. The van der Waals surface area contributed by atoms with Crippen LogP contribution in [0.15, 0.2) is 52.9 Å². The summed E-state index contributed by atoms with van der Waals surface area (Å²) in [6, 6.07) is 9.74. The van der Waals surface area contributed by atoms with Crippen LogP contribution in [0.4, 0.5) is 5.13 Å². The van der Waals surface area contributed by atoms with Crippen molar-refractivity contribution in [3.8, 4) is 0 Å². The number of amides is 1. The van der Waals surface area contributed by atoms with E-state index in [1.165, 1.54) is 35.6 Å². The molecule has 136 valence electrons. The van der Waals surface area contributed by atoms with Gasteiger partial charge in [0, 0.05) is 28.1 Å². The number of thiophene rings is 1. The number of rotatable bonds is 7. The van der Waals surface area contributed by atoms with Gasteiger partial charge in [-0.2, -0.15) is 0 Å². The first kappa shape index (κ1) is 18.7. The van der Waals surface area contributed by atoms with Gasteiger partial charge in [0.05, 0.1) is 4.90 Å². The normalized spacial score (nSPS) is 11.4. The first-order chi connectivity index (χ1) is 12.4. The third kappa shape index (κ3) is 4.76. The number of aromatic nitrogens is 1. The second-order valence-corrected chi connectivity index (χ2v) is 9.52. The van der Waals surface area contributed by atoms with Crippen molar-refractivity contribution in [1.29, 1.82) is 0 Å². The summed E-state index contributed by atoms with van der Waals surface area (Å²) in [6.07, 6.45) is 2.32. The van der Waals surface area contributed by atoms with Gasteiger partial charge in [0.1, 0.15) is 0 Å². The first-order valence-corrected chi connectivity index (χ1v) is 11.0. The van der Waals surface area contributed by atoms with E-state index < -0.39 is 10.0 Å². The van der Waals surface area contributed by atoms with E-state index in [4.69, 9.17) is 0 Å². The number of thiazole rings is 1. The molecule has 2 N–H and O–H groups in total. The molecule has 0 aliphatic heterocycles. The molecule has 0 fully saturated rings. The first-order valence-electron chi connectivity index (χ1n) is 7.80. The molecule has 9 heteroatoms. The minimum Gasteiger partial charge on any atom is -0.298 e. The predicted octanol–water partition coefficient (Wildman–Crippen LogP) is 3.29. The van der Waals surface area contributed by atoms with Crippen LogP contribution in [-0.4, -0.2) is 25.9 Å². The summed E-state index contributed by atoms with van der Waals surface area (Å²) in [5.74, 6) is -0.325. The number of aryl methyl sites for hydroxylation is 1. The van der Waals surface area contributed by atoms with E-state index in [0.29, 0.717) is 23.7 Å². The second kappa shape index (κ2) is 8.09. The van der Waals surface area contributed by atoms with E-state index in [9.17, 15) is 13.2 Å². The van der Waals surface area contributed by atoms with Gasteiger partial charge in [0.15, 0.2) is 5.13 Å². The largest absolute Gasteiger partial charge is 0.298 e. The molecule has 6 nitrogen and oxygen atoms in total. The SMILES string of the molecule is Cc1cnc(NC(=O)c2ccc(S(=O)(=O)NCCc3cccs3)cc2)s1. The number of sulfonamides is 1. The minimum atomic E-state index is -3.60. The molecule has 0 aliphatic carbocycles. The maximum Gasteiger partial charge on any atom is 0.257 e. The number of carbonyl (C=O) groups excluding carboxylic acids is 1. The zero-order chi connectivity index (χ0) is 18.6. The van der Waals surface area contributed by atoms with Gasteiger partial charge in [-0.05, 0) is 49.1 Å².